The van der Waals surface area contributed by atoms with Gasteiger partial charge in [-0.1, -0.05) is 11.6 Å². The Morgan fingerprint density at radius 1 is 1.33 bits per heavy atom. The van der Waals surface area contributed by atoms with Gasteiger partial charge in [-0.25, -0.2) is 4.79 Å². The normalized spacial score (nSPS) is 17.0. The number of methoxy groups -OCH3 is 1. The number of ether oxygens (including phenoxy) is 3. The monoisotopic (exact) mass is 395 g/mol. The van der Waals surface area contributed by atoms with Crippen LogP contribution in [0.2, 0.25) is 5.02 Å². The summed E-state index contributed by atoms with van der Waals surface area (Å²) < 4.78 is 15.8. The van der Waals surface area contributed by atoms with Gasteiger partial charge in [-0.15, -0.1) is 0 Å². The Hall–Kier alpha value is -2.21. The number of hydrogen-bond donors (Lipinski definition) is 0. The van der Waals surface area contributed by atoms with Crippen molar-refractivity contribution in [2.24, 2.45) is 0 Å². The summed E-state index contributed by atoms with van der Waals surface area (Å²) in [4.78, 5) is 25.9. The van der Waals surface area contributed by atoms with E-state index in [4.69, 9.17) is 25.8 Å². The highest BCUT2D eigenvalue weighted by Crippen LogP contribution is 2.36. The van der Waals surface area contributed by atoms with Crippen LogP contribution in [0.5, 0.6) is 11.5 Å². The molecule has 148 valence electrons. The van der Waals surface area contributed by atoms with Crippen molar-refractivity contribution in [3.63, 3.8) is 0 Å². The lowest BCUT2D eigenvalue weighted by atomic mass is 10.0. The maximum atomic E-state index is 12.2. The quantitative estimate of drug-likeness (QED) is 0.520. The van der Waals surface area contributed by atoms with Crippen molar-refractivity contribution in [3.8, 4) is 11.5 Å². The van der Waals surface area contributed by atoms with E-state index < -0.39 is 5.97 Å². The van der Waals surface area contributed by atoms with Crippen LogP contribution in [0.3, 0.4) is 0 Å². The molecule has 7 heteroatoms. The van der Waals surface area contributed by atoms with Crippen LogP contribution in [0.4, 0.5) is 0 Å². The molecule has 1 heterocycles. The predicted molar refractivity (Wildman–Crippen MR) is 104 cm³/mol. The lowest BCUT2D eigenvalue weighted by Gasteiger charge is -2.33. The van der Waals surface area contributed by atoms with E-state index in [0.29, 0.717) is 28.7 Å². The smallest absolute Gasteiger partial charge is 0.331 e. The highest BCUT2D eigenvalue weighted by atomic mass is 35.5. The van der Waals surface area contributed by atoms with Gasteiger partial charge < -0.3 is 19.1 Å². The second kappa shape index (κ2) is 10.2. The van der Waals surface area contributed by atoms with E-state index in [9.17, 15) is 9.59 Å². The van der Waals surface area contributed by atoms with Crippen molar-refractivity contribution in [3.05, 3.63) is 28.8 Å². The molecule has 27 heavy (non-hydrogen) atoms. The maximum Gasteiger partial charge on any atom is 0.331 e. The number of likely N-dealkylation sites (tertiary alicyclic amines) is 1. The molecule has 1 aliphatic heterocycles. The number of piperidine rings is 1. The van der Waals surface area contributed by atoms with Gasteiger partial charge in [-0.05, 0) is 56.9 Å². The Morgan fingerprint density at radius 2 is 2.11 bits per heavy atom. The number of nitrogens with zero attached hydrogens (tertiary/aromatic N) is 1. The molecule has 0 radical (unpaired) electrons. The summed E-state index contributed by atoms with van der Waals surface area (Å²) in [6.45, 7) is 4.80. The summed E-state index contributed by atoms with van der Waals surface area (Å²) in [6, 6.07) is 3.57. The van der Waals surface area contributed by atoms with Crippen LogP contribution in [-0.2, 0) is 14.3 Å². The van der Waals surface area contributed by atoms with Crippen LogP contribution < -0.4 is 9.47 Å². The minimum atomic E-state index is -0.586. The molecule has 1 aromatic rings. The molecule has 1 atom stereocenters. The SMILES string of the molecule is CCOc1c(Cl)cc(/C=C/C(=O)OCC(=O)N2CCCC[C@@H]2C)cc1OC. The van der Waals surface area contributed by atoms with E-state index in [1.54, 1.807) is 23.1 Å². The first-order valence-electron chi connectivity index (χ1n) is 9.10. The summed E-state index contributed by atoms with van der Waals surface area (Å²) in [5.74, 6) is 0.195. The molecule has 0 aliphatic carbocycles. The molecular weight excluding hydrogens is 370 g/mol. The zero-order valence-electron chi connectivity index (χ0n) is 16.0. The molecule has 0 N–H and O–H groups in total. The molecule has 0 bridgehead atoms. The molecular formula is C20H26ClNO5. The van der Waals surface area contributed by atoms with Crippen molar-refractivity contribution in [1.82, 2.24) is 4.90 Å². The van der Waals surface area contributed by atoms with Crippen molar-refractivity contribution >= 4 is 29.6 Å². The Balaban J connectivity index is 1.94. The van der Waals surface area contributed by atoms with Crippen LogP contribution >= 0.6 is 11.6 Å². The Kier molecular flexibility index (Phi) is 7.98. The number of amides is 1. The number of carbonyl (C=O) groups excluding carboxylic acids is 2. The van der Waals surface area contributed by atoms with E-state index in [-0.39, 0.29) is 18.6 Å². The Labute approximate surface area is 165 Å². The molecule has 0 saturated carbocycles. The molecule has 0 unspecified atom stereocenters. The average molecular weight is 396 g/mol. The molecule has 1 fully saturated rings. The first kappa shape index (κ1) is 21.1. The number of hydrogen-bond acceptors (Lipinski definition) is 5. The number of rotatable bonds is 7. The molecule has 1 aliphatic rings. The topological polar surface area (TPSA) is 65.1 Å². The fraction of sp³-hybridized carbons (Fsp3) is 0.500. The van der Waals surface area contributed by atoms with Gasteiger partial charge >= 0.3 is 5.97 Å². The van der Waals surface area contributed by atoms with Crippen LogP contribution in [0.15, 0.2) is 18.2 Å². The first-order chi connectivity index (χ1) is 13.0. The predicted octanol–water partition coefficient (Wildman–Crippen LogP) is 3.70. The molecule has 1 aromatic carbocycles. The van der Waals surface area contributed by atoms with Gasteiger partial charge in [0.15, 0.2) is 18.1 Å². The van der Waals surface area contributed by atoms with Crippen molar-refractivity contribution in [1.29, 1.82) is 0 Å². The maximum absolute atomic E-state index is 12.2. The van der Waals surface area contributed by atoms with Crippen LogP contribution in [0.1, 0.15) is 38.7 Å². The third-order valence-corrected chi connectivity index (χ3v) is 4.69. The molecule has 1 saturated heterocycles. The summed E-state index contributed by atoms with van der Waals surface area (Å²) in [5, 5.41) is 0.387. The second-order valence-electron chi connectivity index (χ2n) is 6.34. The lowest BCUT2D eigenvalue weighted by molar-refractivity contribution is -0.149. The zero-order valence-corrected chi connectivity index (χ0v) is 16.8. The van der Waals surface area contributed by atoms with Crippen molar-refractivity contribution < 1.29 is 23.8 Å². The Bertz CT molecular complexity index is 704. The van der Waals surface area contributed by atoms with Crippen molar-refractivity contribution in [2.75, 3.05) is 26.9 Å². The fourth-order valence-electron chi connectivity index (χ4n) is 3.02. The molecule has 2 rings (SSSR count). The summed E-state index contributed by atoms with van der Waals surface area (Å²) in [5.41, 5.74) is 0.660. The first-order valence-corrected chi connectivity index (χ1v) is 9.48. The summed E-state index contributed by atoms with van der Waals surface area (Å²) in [6.07, 6.45) is 5.92. The van der Waals surface area contributed by atoms with Crippen LogP contribution in [0.25, 0.3) is 6.08 Å². The molecule has 0 spiro atoms. The van der Waals surface area contributed by atoms with E-state index in [1.807, 2.05) is 13.8 Å². The number of carbonyl (C=O) groups is 2. The van der Waals surface area contributed by atoms with Gasteiger partial charge in [0.25, 0.3) is 5.91 Å². The van der Waals surface area contributed by atoms with Gasteiger partial charge in [0.2, 0.25) is 0 Å². The fourth-order valence-corrected chi connectivity index (χ4v) is 3.29. The molecule has 0 aromatic heterocycles. The largest absolute Gasteiger partial charge is 0.493 e. The standard InChI is InChI=1S/C20H26ClNO5/c1-4-26-20-16(21)11-15(12-17(20)25-3)8-9-19(24)27-13-18(23)22-10-6-5-7-14(22)2/h8-9,11-12,14H,4-7,10,13H2,1-3H3/b9-8+/t14-/m0/s1. The van der Waals surface area contributed by atoms with E-state index in [2.05, 4.69) is 0 Å². The van der Waals surface area contributed by atoms with Gasteiger partial charge in [0.1, 0.15) is 0 Å². The van der Waals surface area contributed by atoms with E-state index in [0.717, 1.165) is 25.8 Å². The molecule has 1 amide bonds. The Morgan fingerprint density at radius 3 is 2.78 bits per heavy atom. The zero-order chi connectivity index (χ0) is 19.8. The summed E-state index contributed by atoms with van der Waals surface area (Å²) in [7, 11) is 1.52. The van der Waals surface area contributed by atoms with Gasteiger partial charge in [0, 0.05) is 18.7 Å². The number of benzene rings is 1. The van der Waals surface area contributed by atoms with Gasteiger partial charge in [-0.2, -0.15) is 0 Å². The highest BCUT2D eigenvalue weighted by Gasteiger charge is 2.23. The van der Waals surface area contributed by atoms with Crippen molar-refractivity contribution in [2.45, 2.75) is 39.2 Å². The van der Waals surface area contributed by atoms with Gasteiger partial charge in [-0.3, -0.25) is 4.79 Å². The minimum absolute atomic E-state index is 0.158. The number of halogens is 1. The van der Waals surface area contributed by atoms with Crippen LogP contribution in [-0.4, -0.2) is 49.7 Å². The minimum Gasteiger partial charge on any atom is -0.493 e. The summed E-state index contributed by atoms with van der Waals surface area (Å²) >= 11 is 6.20. The van der Waals surface area contributed by atoms with E-state index in [1.165, 1.54) is 13.2 Å². The van der Waals surface area contributed by atoms with E-state index >= 15 is 0 Å². The third-order valence-electron chi connectivity index (χ3n) is 4.41. The average Bonchev–Trinajstić information content (AvgIpc) is 2.66. The number of esters is 1. The second-order valence-corrected chi connectivity index (χ2v) is 6.75. The van der Waals surface area contributed by atoms with Crippen LogP contribution in [0, 0.1) is 0 Å². The lowest BCUT2D eigenvalue weighted by Crippen LogP contribution is -2.44. The highest BCUT2D eigenvalue weighted by molar-refractivity contribution is 6.32. The molecule has 6 nitrogen and oxygen atoms in total. The van der Waals surface area contributed by atoms with Gasteiger partial charge in [0.05, 0.1) is 18.7 Å². The third kappa shape index (κ3) is 5.89.